The molecule has 1 heterocycles. The van der Waals surface area contributed by atoms with Gasteiger partial charge in [0.05, 0.1) is 5.92 Å². The van der Waals surface area contributed by atoms with Crippen LogP contribution in [0.5, 0.6) is 0 Å². The Hall–Kier alpha value is -0.710. The van der Waals surface area contributed by atoms with E-state index in [-0.39, 0.29) is 24.2 Å². The molecule has 0 saturated carbocycles. The van der Waals surface area contributed by atoms with Crippen LogP contribution >= 0.6 is 24.2 Å². The lowest BCUT2D eigenvalue weighted by atomic mass is 9.90. The summed E-state index contributed by atoms with van der Waals surface area (Å²) in [6.45, 7) is 10.7. The SMILES string of the molecule is CC(C)Cc1ccccc1[C@@H](C)C(=O)NCCCN1CCSCC1.Cl. The molecule has 1 aliphatic heterocycles. The molecule has 1 atom stereocenters. The van der Waals surface area contributed by atoms with Crippen LogP contribution in [0.4, 0.5) is 0 Å². The lowest BCUT2D eigenvalue weighted by Crippen LogP contribution is -2.36. The van der Waals surface area contributed by atoms with Crippen LogP contribution in [-0.2, 0) is 11.2 Å². The predicted molar refractivity (Wildman–Crippen MR) is 112 cm³/mol. The van der Waals surface area contributed by atoms with Crippen molar-refractivity contribution < 1.29 is 4.79 Å². The molecule has 1 aliphatic rings. The third-order valence-corrected chi connectivity index (χ3v) is 5.54. The summed E-state index contributed by atoms with van der Waals surface area (Å²) in [7, 11) is 0. The van der Waals surface area contributed by atoms with Gasteiger partial charge in [0.25, 0.3) is 0 Å². The van der Waals surface area contributed by atoms with Crippen LogP contribution in [0.1, 0.15) is 44.2 Å². The first kappa shape index (κ1) is 22.3. The van der Waals surface area contributed by atoms with E-state index in [4.69, 9.17) is 0 Å². The smallest absolute Gasteiger partial charge is 0.227 e. The zero-order chi connectivity index (χ0) is 17.4. The summed E-state index contributed by atoms with van der Waals surface area (Å²) < 4.78 is 0. The molecule has 2 rings (SSSR count). The van der Waals surface area contributed by atoms with Gasteiger partial charge in [0.1, 0.15) is 0 Å². The average Bonchev–Trinajstić information content (AvgIpc) is 2.59. The summed E-state index contributed by atoms with van der Waals surface area (Å²) in [6.07, 6.45) is 2.07. The number of halogens is 1. The second-order valence-corrected chi connectivity index (χ2v) is 8.34. The molecule has 0 unspecified atom stereocenters. The van der Waals surface area contributed by atoms with Crippen LogP contribution in [0.25, 0.3) is 0 Å². The number of amides is 1. The molecule has 0 aromatic heterocycles. The van der Waals surface area contributed by atoms with Gasteiger partial charge in [0, 0.05) is 31.1 Å². The minimum Gasteiger partial charge on any atom is -0.356 e. The van der Waals surface area contributed by atoms with Crippen LogP contribution in [0, 0.1) is 5.92 Å². The van der Waals surface area contributed by atoms with Gasteiger partial charge in [-0.15, -0.1) is 12.4 Å². The van der Waals surface area contributed by atoms with Gasteiger partial charge in [0.15, 0.2) is 0 Å². The molecule has 3 nitrogen and oxygen atoms in total. The molecule has 5 heteroatoms. The Kier molecular flexibility index (Phi) is 10.6. The summed E-state index contributed by atoms with van der Waals surface area (Å²) in [5, 5.41) is 3.13. The van der Waals surface area contributed by atoms with E-state index in [1.54, 1.807) is 0 Å². The summed E-state index contributed by atoms with van der Waals surface area (Å²) in [5.41, 5.74) is 2.48. The third kappa shape index (κ3) is 7.59. The van der Waals surface area contributed by atoms with E-state index in [2.05, 4.69) is 42.3 Å². The molecular weight excluding hydrogens is 352 g/mol. The number of hydrogen-bond acceptors (Lipinski definition) is 3. The van der Waals surface area contributed by atoms with Gasteiger partial charge >= 0.3 is 0 Å². The monoisotopic (exact) mass is 384 g/mol. The van der Waals surface area contributed by atoms with E-state index < -0.39 is 0 Å². The van der Waals surface area contributed by atoms with Crippen molar-refractivity contribution in [3.05, 3.63) is 35.4 Å². The molecule has 0 spiro atoms. The molecule has 1 saturated heterocycles. The normalized spacial score (nSPS) is 16.3. The Morgan fingerprint density at radius 3 is 2.56 bits per heavy atom. The van der Waals surface area contributed by atoms with Gasteiger partial charge in [-0.1, -0.05) is 38.1 Å². The second-order valence-electron chi connectivity index (χ2n) is 7.12. The van der Waals surface area contributed by atoms with Gasteiger partial charge in [-0.3, -0.25) is 4.79 Å². The summed E-state index contributed by atoms with van der Waals surface area (Å²) in [5.74, 6) is 3.17. The van der Waals surface area contributed by atoms with Crippen molar-refractivity contribution in [2.45, 2.75) is 39.5 Å². The number of hydrogen-bond donors (Lipinski definition) is 1. The Morgan fingerprint density at radius 2 is 1.88 bits per heavy atom. The minimum absolute atomic E-state index is 0. The van der Waals surface area contributed by atoms with Crippen LogP contribution in [0.3, 0.4) is 0 Å². The second kappa shape index (κ2) is 11.8. The van der Waals surface area contributed by atoms with Crippen LogP contribution in [0.2, 0.25) is 0 Å². The maximum atomic E-state index is 12.5. The fraction of sp³-hybridized carbons (Fsp3) is 0.650. The fourth-order valence-corrected chi connectivity index (χ4v) is 4.19. The van der Waals surface area contributed by atoms with Crippen molar-refractivity contribution in [3.8, 4) is 0 Å². The average molecular weight is 385 g/mol. The first-order valence-corrected chi connectivity index (χ1v) is 10.4. The predicted octanol–water partition coefficient (Wildman–Crippen LogP) is 3.97. The van der Waals surface area contributed by atoms with Crippen molar-refractivity contribution in [2.75, 3.05) is 37.7 Å². The Labute approximate surface area is 163 Å². The number of nitrogens with zero attached hydrogens (tertiary/aromatic N) is 1. The number of carbonyl (C=O) groups is 1. The fourth-order valence-electron chi connectivity index (χ4n) is 3.22. The van der Waals surface area contributed by atoms with Gasteiger partial charge in [-0.05, 0) is 43.4 Å². The van der Waals surface area contributed by atoms with Crippen LogP contribution in [-0.4, -0.2) is 48.5 Å². The Bertz CT molecular complexity index is 518. The molecule has 1 aromatic carbocycles. The maximum Gasteiger partial charge on any atom is 0.227 e. The first-order chi connectivity index (χ1) is 11.6. The number of nitrogens with one attached hydrogen (secondary N) is 1. The lowest BCUT2D eigenvalue weighted by molar-refractivity contribution is -0.122. The summed E-state index contributed by atoms with van der Waals surface area (Å²) in [4.78, 5) is 15.0. The zero-order valence-corrected chi connectivity index (χ0v) is 17.4. The molecular formula is C20H33ClN2OS. The highest BCUT2D eigenvalue weighted by molar-refractivity contribution is 7.99. The van der Waals surface area contributed by atoms with E-state index in [0.29, 0.717) is 5.92 Å². The molecule has 1 aromatic rings. The number of benzene rings is 1. The van der Waals surface area contributed by atoms with E-state index >= 15 is 0 Å². The van der Waals surface area contributed by atoms with Crippen molar-refractivity contribution in [1.82, 2.24) is 10.2 Å². The highest BCUT2D eigenvalue weighted by atomic mass is 35.5. The standard InChI is InChI=1S/C20H32N2OS.ClH/c1-16(2)15-18-7-4-5-8-19(18)17(3)20(23)21-9-6-10-22-11-13-24-14-12-22;/h4-5,7-8,16-17H,6,9-15H2,1-3H3,(H,21,23);1H/t17-;/m1./s1. The van der Waals surface area contributed by atoms with Gasteiger partial charge in [-0.2, -0.15) is 11.8 Å². The van der Waals surface area contributed by atoms with E-state index in [1.807, 2.05) is 24.8 Å². The summed E-state index contributed by atoms with van der Waals surface area (Å²) >= 11 is 2.04. The zero-order valence-electron chi connectivity index (χ0n) is 15.8. The molecule has 0 bridgehead atoms. The van der Waals surface area contributed by atoms with Gasteiger partial charge in [0.2, 0.25) is 5.91 Å². The minimum atomic E-state index is -0.0775. The topological polar surface area (TPSA) is 32.3 Å². The van der Waals surface area contributed by atoms with Gasteiger partial charge in [-0.25, -0.2) is 0 Å². The molecule has 0 radical (unpaired) electrons. The third-order valence-electron chi connectivity index (χ3n) is 4.60. The first-order valence-electron chi connectivity index (χ1n) is 9.23. The molecule has 1 fully saturated rings. The van der Waals surface area contributed by atoms with Crippen LogP contribution < -0.4 is 5.32 Å². The van der Waals surface area contributed by atoms with Crippen molar-refractivity contribution in [1.29, 1.82) is 0 Å². The van der Waals surface area contributed by atoms with E-state index in [1.165, 1.54) is 35.7 Å². The van der Waals surface area contributed by atoms with Crippen molar-refractivity contribution in [2.24, 2.45) is 5.92 Å². The van der Waals surface area contributed by atoms with Crippen molar-refractivity contribution >= 4 is 30.1 Å². The highest BCUT2D eigenvalue weighted by Gasteiger charge is 2.18. The van der Waals surface area contributed by atoms with Crippen LogP contribution in [0.15, 0.2) is 24.3 Å². The lowest BCUT2D eigenvalue weighted by Gasteiger charge is -2.26. The van der Waals surface area contributed by atoms with E-state index in [9.17, 15) is 4.79 Å². The molecule has 142 valence electrons. The highest BCUT2D eigenvalue weighted by Crippen LogP contribution is 2.22. The molecule has 0 aliphatic carbocycles. The van der Waals surface area contributed by atoms with E-state index in [0.717, 1.165) is 25.9 Å². The molecule has 1 N–H and O–H groups in total. The Morgan fingerprint density at radius 1 is 1.20 bits per heavy atom. The number of carbonyl (C=O) groups excluding carboxylic acids is 1. The number of thioether (sulfide) groups is 1. The maximum absolute atomic E-state index is 12.5. The number of rotatable bonds is 8. The molecule has 25 heavy (non-hydrogen) atoms. The quantitative estimate of drug-likeness (QED) is 0.688. The van der Waals surface area contributed by atoms with Gasteiger partial charge < -0.3 is 10.2 Å². The molecule has 1 amide bonds. The largest absolute Gasteiger partial charge is 0.356 e. The van der Waals surface area contributed by atoms with Crippen molar-refractivity contribution in [3.63, 3.8) is 0 Å². The summed E-state index contributed by atoms with van der Waals surface area (Å²) in [6, 6.07) is 8.38. The Balaban J connectivity index is 0.00000312.